The van der Waals surface area contributed by atoms with Gasteiger partial charge < -0.3 is 4.74 Å². The molecule has 0 fully saturated rings. The number of fused-ring (bicyclic) bond motifs is 1. The Balaban J connectivity index is 2.69. The van der Waals surface area contributed by atoms with Crippen LogP contribution in [0.15, 0.2) is 12.3 Å². The number of nitrogens with one attached hydrogen (secondary N) is 1. The van der Waals surface area contributed by atoms with Crippen molar-refractivity contribution in [3.8, 4) is 5.75 Å². The number of methoxy groups -OCH3 is 1. The largest absolute Gasteiger partial charge is 0.495 e. The van der Waals surface area contributed by atoms with Crippen LogP contribution in [0.5, 0.6) is 5.75 Å². The van der Waals surface area contributed by atoms with Crippen molar-refractivity contribution in [3.63, 3.8) is 0 Å². The highest BCUT2D eigenvalue weighted by molar-refractivity contribution is 5.77. The van der Waals surface area contributed by atoms with Gasteiger partial charge in [-0.2, -0.15) is 5.10 Å². The van der Waals surface area contributed by atoms with Crippen LogP contribution < -0.4 is 4.74 Å². The molecule has 1 N–H and O–H groups in total. The lowest BCUT2D eigenvalue weighted by atomic mass is 10.3. The van der Waals surface area contributed by atoms with E-state index in [1.165, 1.54) is 0 Å². The maximum absolute atomic E-state index is 5.02. The quantitative estimate of drug-likeness (QED) is 0.688. The van der Waals surface area contributed by atoms with Crippen LogP contribution in [0, 0.1) is 6.92 Å². The zero-order chi connectivity index (χ0) is 8.55. The summed E-state index contributed by atoms with van der Waals surface area (Å²) in [5, 5.41) is 6.92. The molecule has 0 unspecified atom stereocenters. The van der Waals surface area contributed by atoms with Crippen molar-refractivity contribution in [2.45, 2.75) is 6.92 Å². The second kappa shape index (κ2) is 2.48. The van der Waals surface area contributed by atoms with Crippen molar-refractivity contribution in [3.05, 3.63) is 18.0 Å². The highest BCUT2D eigenvalue weighted by Gasteiger charge is 2.02. The van der Waals surface area contributed by atoms with Gasteiger partial charge in [-0.15, -0.1) is 0 Å². The first-order valence-corrected chi connectivity index (χ1v) is 3.66. The first-order valence-electron chi connectivity index (χ1n) is 3.66. The predicted molar refractivity (Wildman–Crippen MR) is 45.2 cm³/mol. The molecule has 4 heteroatoms. The lowest BCUT2D eigenvalue weighted by Gasteiger charge is -1.96. The van der Waals surface area contributed by atoms with Gasteiger partial charge in [0.2, 0.25) is 0 Å². The van der Waals surface area contributed by atoms with E-state index >= 15 is 0 Å². The molecule has 0 bridgehead atoms. The molecule has 2 rings (SSSR count). The van der Waals surface area contributed by atoms with Crippen LogP contribution in [0.2, 0.25) is 0 Å². The van der Waals surface area contributed by atoms with Crippen molar-refractivity contribution < 1.29 is 4.74 Å². The minimum Gasteiger partial charge on any atom is -0.495 e. The Morgan fingerprint density at radius 2 is 2.33 bits per heavy atom. The smallest absolute Gasteiger partial charge is 0.139 e. The van der Waals surface area contributed by atoms with Crippen LogP contribution in [0.3, 0.4) is 0 Å². The minimum atomic E-state index is 0.731. The van der Waals surface area contributed by atoms with E-state index in [0.29, 0.717) is 0 Å². The van der Waals surface area contributed by atoms with Crippen molar-refractivity contribution in [2.24, 2.45) is 0 Å². The molecule has 0 aliphatic carbocycles. The fraction of sp³-hybridized carbons (Fsp3) is 0.250. The Morgan fingerprint density at radius 3 is 3.08 bits per heavy atom. The Morgan fingerprint density at radius 1 is 1.50 bits per heavy atom. The summed E-state index contributed by atoms with van der Waals surface area (Å²) in [6, 6.07) is 1.85. The van der Waals surface area contributed by atoms with Gasteiger partial charge in [-0.25, -0.2) is 4.98 Å². The molecule has 0 saturated carbocycles. The maximum Gasteiger partial charge on any atom is 0.139 e. The number of H-pyrrole nitrogens is 1. The second-order valence-electron chi connectivity index (χ2n) is 2.59. The fourth-order valence-electron chi connectivity index (χ4n) is 1.12. The summed E-state index contributed by atoms with van der Waals surface area (Å²) >= 11 is 0. The van der Waals surface area contributed by atoms with Crippen LogP contribution in [0.4, 0.5) is 0 Å². The Kier molecular flexibility index (Phi) is 1.46. The Hall–Kier alpha value is -1.58. The van der Waals surface area contributed by atoms with Crippen molar-refractivity contribution in [2.75, 3.05) is 7.11 Å². The summed E-state index contributed by atoms with van der Waals surface area (Å²) in [7, 11) is 1.61. The van der Waals surface area contributed by atoms with Crippen LogP contribution >= 0.6 is 0 Å². The lowest BCUT2D eigenvalue weighted by Crippen LogP contribution is -1.84. The molecule has 2 aromatic rings. The summed E-state index contributed by atoms with van der Waals surface area (Å²) in [4.78, 5) is 4.19. The summed E-state index contributed by atoms with van der Waals surface area (Å²) in [5.74, 6) is 0.731. The summed E-state index contributed by atoms with van der Waals surface area (Å²) < 4.78 is 5.02. The van der Waals surface area contributed by atoms with Gasteiger partial charge in [0, 0.05) is 6.07 Å². The lowest BCUT2D eigenvalue weighted by molar-refractivity contribution is 0.413. The first kappa shape index (κ1) is 7.09. The van der Waals surface area contributed by atoms with Gasteiger partial charge >= 0.3 is 0 Å². The number of aryl methyl sites for hydroxylation is 1. The van der Waals surface area contributed by atoms with Gasteiger partial charge in [0.1, 0.15) is 16.8 Å². The molecule has 0 amide bonds. The van der Waals surface area contributed by atoms with E-state index in [1.807, 2.05) is 13.0 Å². The number of pyridine rings is 1. The molecule has 0 radical (unpaired) electrons. The normalized spacial score (nSPS) is 10.5. The molecule has 0 aromatic carbocycles. The third-order valence-corrected chi connectivity index (χ3v) is 1.78. The SMILES string of the molecule is COc1cnc2c(C)[nH]nc2c1. The van der Waals surface area contributed by atoms with Crippen molar-refractivity contribution in [1.29, 1.82) is 0 Å². The van der Waals surface area contributed by atoms with Crippen molar-refractivity contribution >= 4 is 11.0 Å². The summed E-state index contributed by atoms with van der Waals surface area (Å²) in [6.45, 7) is 1.94. The second-order valence-corrected chi connectivity index (χ2v) is 2.59. The Labute approximate surface area is 69.6 Å². The van der Waals surface area contributed by atoms with E-state index in [9.17, 15) is 0 Å². The maximum atomic E-state index is 5.02. The van der Waals surface area contributed by atoms with E-state index in [-0.39, 0.29) is 0 Å². The third-order valence-electron chi connectivity index (χ3n) is 1.78. The van der Waals surface area contributed by atoms with Crippen molar-refractivity contribution in [1.82, 2.24) is 15.2 Å². The molecular weight excluding hydrogens is 154 g/mol. The van der Waals surface area contributed by atoms with Crippen LogP contribution in [0.1, 0.15) is 5.69 Å². The Bertz CT molecular complexity index is 408. The monoisotopic (exact) mass is 163 g/mol. The molecule has 0 saturated heterocycles. The first-order chi connectivity index (χ1) is 5.81. The number of hydrogen-bond donors (Lipinski definition) is 1. The highest BCUT2D eigenvalue weighted by Crippen LogP contribution is 2.17. The van der Waals surface area contributed by atoms with E-state index in [1.54, 1.807) is 13.3 Å². The molecular formula is C8H9N3O. The van der Waals surface area contributed by atoms with E-state index in [2.05, 4.69) is 15.2 Å². The topological polar surface area (TPSA) is 50.8 Å². The molecule has 12 heavy (non-hydrogen) atoms. The number of aromatic nitrogens is 3. The molecule has 0 aliphatic rings. The van der Waals surface area contributed by atoms with Gasteiger partial charge in [-0.05, 0) is 6.92 Å². The average molecular weight is 163 g/mol. The zero-order valence-corrected chi connectivity index (χ0v) is 6.96. The van der Waals surface area contributed by atoms with Gasteiger partial charge in [0.25, 0.3) is 0 Å². The van der Waals surface area contributed by atoms with E-state index < -0.39 is 0 Å². The van der Waals surface area contributed by atoms with Crippen LogP contribution in [-0.2, 0) is 0 Å². The van der Waals surface area contributed by atoms with Gasteiger partial charge in [-0.1, -0.05) is 0 Å². The molecule has 62 valence electrons. The van der Waals surface area contributed by atoms with E-state index in [4.69, 9.17) is 4.74 Å². The molecule has 0 spiro atoms. The summed E-state index contributed by atoms with van der Waals surface area (Å²) in [5.41, 5.74) is 2.72. The number of nitrogens with zero attached hydrogens (tertiary/aromatic N) is 2. The standard InChI is InChI=1S/C8H9N3O/c1-5-8-7(11-10-5)3-6(12-2)4-9-8/h3-4H,1-2H3,(H,10,11). The average Bonchev–Trinajstić information content (AvgIpc) is 2.47. The predicted octanol–water partition coefficient (Wildman–Crippen LogP) is 1.27. The molecule has 2 heterocycles. The summed E-state index contributed by atoms with van der Waals surface area (Å²) in [6.07, 6.45) is 1.69. The molecule has 2 aromatic heterocycles. The number of rotatable bonds is 1. The van der Waals surface area contributed by atoms with Gasteiger partial charge in [0.15, 0.2) is 0 Å². The third kappa shape index (κ3) is 0.922. The number of hydrogen-bond acceptors (Lipinski definition) is 3. The van der Waals surface area contributed by atoms with Crippen LogP contribution in [0.25, 0.3) is 11.0 Å². The highest BCUT2D eigenvalue weighted by atomic mass is 16.5. The van der Waals surface area contributed by atoms with Crippen LogP contribution in [-0.4, -0.2) is 22.3 Å². The molecule has 0 aliphatic heterocycles. The number of aromatic amines is 1. The number of ether oxygens (including phenoxy) is 1. The van der Waals surface area contributed by atoms with Gasteiger partial charge in [-0.3, -0.25) is 5.10 Å². The molecule has 4 nitrogen and oxygen atoms in total. The minimum absolute atomic E-state index is 0.731. The van der Waals surface area contributed by atoms with E-state index in [0.717, 1.165) is 22.5 Å². The molecule has 0 atom stereocenters. The zero-order valence-electron chi connectivity index (χ0n) is 6.96. The van der Waals surface area contributed by atoms with Gasteiger partial charge in [0.05, 0.1) is 19.0 Å². The fourth-order valence-corrected chi connectivity index (χ4v) is 1.12.